The van der Waals surface area contributed by atoms with Crippen LogP contribution >= 0.6 is 0 Å². The molecule has 0 spiro atoms. The van der Waals surface area contributed by atoms with Crippen molar-refractivity contribution in [2.24, 2.45) is 5.92 Å². The maximum absolute atomic E-state index is 12.9. The molecule has 1 amide bonds. The Labute approximate surface area is 183 Å². The standard InChI is InChI=1S/C23H32N4O4/c28-22(29)16-6-12-26(13-7-16)19-2-1-3-20-21(19)31-23(30)27(20)18-8-14-25(15-9-18)17-4-10-24-11-5-17/h4-5,10-11,16,18-21H,1-3,6-9,12-15H2,(H,28,29)/t19-,20+,21+/m1/s1. The molecule has 1 aromatic heterocycles. The lowest BCUT2D eigenvalue weighted by molar-refractivity contribution is -0.143. The molecule has 1 aromatic rings. The zero-order chi connectivity index (χ0) is 21.4. The zero-order valence-corrected chi connectivity index (χ0v) is 17.9. The van der Waals surface area contributed by atoms with E-state index in [0.29, 0.717) is 12.8 Å². The van der Waals surface area contributed by atoms with E-state index in [1.54, 1.807) is 0 Å². The van der Waals surface area contributed by atoms with Crippen molar-refractivity contribution in [1.82, 2.24) is 14.8 Å². The number of likely N-dealkylation sites (tertiary alicyclic amines) is 1. The Morgan fingerprint density at radius 2 is 1.65 bits per heavy atom. The monoisotopic (exact) mass is 428 g/mol. The summed E-state index contributed by atoms with van der Waals surface area (Å²) in [5.74, 6) is -0.915. The van der Waals surface area contributed by atoms with Crippen molar-refractivity contribution in [3.63, 3.8) is 0 Å². The van der Waals surface area contributed by atoms with Gasteiger partial charge < -0.3 is 14.7 Å². The van der Waals surface area contributed by atoms with E-state index in [-0.39, 0.29) is 36.2 Å². The number of amides is 1. The molecule has 1 saturated carbocycles. The number of ether oxygens (including phenoxy) is 1. The van der Waals surface area contributed by atoms with Crippen molar-refractivity contribution < 1.29 is 19.4 Å². The van der Waals surface area contributed by atoms with E-state index < -0.39 is 5.97 Å². The normalized spacial score (nSPS) is 30.8. The van der Waals surface area contributed by atoms with Crippen LogP contribution in [0.2, 0.25) is 0 Å². The molecule has 3 aliphatic heterocycles. The largest absolute Gasteiger partial charge is 0.481 e. The molecule has 3 atom stereocenters. The van der Waals surface area contributed by atoms with Gasteiger partial charge in [-0.25, -0.2) is 4.79 Å². The van der Waals surface area contributed by atoms with Crippen molar-refractivity contribution in [1.29, 1.82) is 0 Å². The van der Waals surface area contributed by atoms with Crippen LogP contribution in [0.15, 0.2) is 24.5 Å². The summed E-state index contributed by atoms with van der Waals surface area (Å²) >= 11 is 0. The van der Waals surface area contributed by atoms with Gasteiger partial charge in [0.05, 0.1) is 12.0 Å². The number of pyridine rings is 1. The predicted octanol–water partition coefficient (Wildman–Crippen LogP) is 2.59. The molecule has 3 saturated heterocycles. The molecule has 0 bridgehead atoms. The van der Waals surface area contributed by atoms with Crippen LogP contribution in [0.1, 0.15) is 44.9 Å². The number of aliphatic carboxylic acids is 1. The van der Waals surface area contributed by atoms with Crippen LogP contribution < -0.4 is 4.90 Å². The van der Waals surface area contributed by atoms with Crippen LogP contribution in [0.4, 0.5) is 10.5 Å². The van der Waals surface area contributed by atoms with Crippen LogP contribution in [-0.4, -0.2) is 82.4 Å². The molecule has 1 N–H and O–H groups in total. The van der Waals surface area contributed by atoms with Crippen LogP contribution in [0.25, 0.3) is 0 Å². The number of aromatic nitrogens is 1. The summed E-state index contributed by atoms with van der Waals surface area (Å²) < 4.78 is 5.99. The maximum atomic E-state index is 12.9. The van der Waals surface area contributed by atoms with Crippen LogP contribution in [-0.2, 0) is 9.53 Å². The second-order valence-corrected chi connectivity index (χ2v) is 9.39. The van der Waals surface area contributed by atoms with E-state index in [0.717, 1.165) is 58.3 Å². The second-order valence-electron chi connectivity index (χ2n) is 9.39. The lowest BCUT2D eigenvalue weighted by Crippen LogP contribution is -2.56. The van der Waals surface area contributed by atoms with Gasteiger partial charge in [0.15, 0.2) is 0 Å². The molecule has 168 valence electrons. The number of hydrogen-bond acceptors (Lipinski definition) is 6. The molecule has 0 unspecified atom stereocenters. The Bertz CT molecular complexity index is 790. The third-order valence-electron chi connectivity index (χ3n) is 7.80. The highest BCUT2D eigenvalue weighted by Crippen LogP contribution is 2.39. The smallest absolute Gasteiger partial charge is 0.410 e. The number of hydrogen-bond donors (Lipinski definition) is 1. The number of nitrogens with zero attached hydrogens (tertiary/aromatic N) is 4. The van der Waals surface area contributed by atoms with Gasteiger partial charge in [-0.2, -0.15) is 0 Å². The van der Waals surface area contributed by atoms with Crippen LogP contribution in [0, 0.1) is 5.92 Å². The average Bonchev–Trinajstić information content (AvgIpc) is 3.15. The van der Waals surface area contributed by atoms with Crippen molar-refractivity contribution in [2.45, 2.75) is 69.2 Å². The summed E-state index contributed by atoms with van der Waals surface area (Å²) in [6.45, 7) is 3.43. The summed E-state index contributed by atoms with van der Waals surface area (Å²) in [5.41, 5.74) is 1.19. The summed E-state index contributed by atoms with van der Waals surface area (Å²) in [6.07, 6.45) is 9.83. The number of piperidine rings is 2. The molecule has 4 heterocycles. The fraction of sp³-hybridized carbons (Fsp3) is 0.696. The summed E-state index contributed by atoms with van der Waals surface area (Å²) in [5, 5.41) is 9.29. The van der Waals surface area contributed by atoms with Gasteiger partial charge in [0, 0.05) is 43.3 Å². The van der Waals surface area contributed by atoms with Crippen molar-refractivity contribution in [2.75, 3.05) is 31.1 Å². The second kappa shape index (κ2) is 8.65. The van der Waals surface area contributed by atoms with Gasteiger partial charge >= 0.3 is 12.1 Å². The summed E-state index contributed by atoms with van der Waals surface area (Å²) in [7, 11) is 0. The molecule has 0 radical (unpaired) electrons. The van der Waals surface area contributed by atoms with Gasteiger partial charge in [-0.05, 0) is 70.2 Å². The lowest BCUT2D eigenvalue weighted by atomic mass is 9.84. The van der Waals surface area contributed by atoms with Gasteiger partial charge in [-0.3, -0.25) is 19.6 Å². The predicted molar refractivity (Wildman–Crippen MR) is 115 cm³/mol. The van der Waals surface area contributed by atoms with E-state index >= 15 is 0 Å². The number of carbonyl (C=O) groups excluding carboxylic acids is 1. The quantitative estimate of drug-likeness (QED) is 0.789. The number of carboxylic acids is 1. The number of carbonyl (C=O) groups is 2. The maximum Gasteiger partial charge on any atom is 0.410 e. The third-order valence-corrected chi connectivity index (χ3v) is 7.80. The lowest BCUT2D eigenvalue weighted by Gasteiger charge is -2.44. The minimum atomic E-state index is -0.683. The van der Waals surface area contributed by atoms with Crippen molar-refractivity contribution in [3.8, 4) is 0 Å². The molecule has 31 heavy (non-hydrogen) atoms. The molecule has 8 heteroatoms. The van der Waals surface area contributed by atoms with Gasteiger partial charge in [-0.1, -0.05) is 0 Å². The highest BCUT2D eigenvalue weighted by molar-refractivity contribution is 5.71. The Balaban J connectivity index is 1.22. The Morgan fingerprint density at radius 3 is 2.32 bits per heavy atom. The van der Waals surface area contributed by atoms with Crippen molar-refractivity contribution in [3.05, 3.63) is 24.5 Å². The zero-order valence-electron chi connectivity index (χ0n) is 17.9. The number of fused-ring (bicyclic) bond motifs is 1. The highest BCUT2D eigenvalue weighted by Gasteiger charge is 2.51. The molecular formula is C23H32N4O4. The minimum Gasteiger partial charge on any atom is -0.481 e. The molecule has 5 rings (SSSR count). The average molecular weight is 429 g/mol. The van der Waals surface area contributed by atoms with Gasteiger partial charge in [0.25, 0.3) is 0 Å². The number of rotatable bonds is 4. The van der Waals surface area contributed by atoms with E-state index in [9.17, 15) is 14.7 Å². The Kier molecular flexibility index (Phi) is 5.73. The molecule has 8 nitrogen and oxygen atoms in total. The topological polar surface area (TPSA) is 86.2 Å². The highest BCUT2D eigenvalue weighted by atomic mass is 16.6. The van der Waals surface area contributed by atoms with Gasteiger partial charge in [0.1, 0.15) is 6.10 Å². The number of anilines is 1. The van der Waals surface area contributed by atoms with Gasteiger partial charge in [0.2, 0.25) is 0 Å². The molecule has 4 fully saturated rings. The first-order chi connectivity index (χ1) is 15.1. The van der Waals surface area contributed by atoms with E-state index in [4.69, 9.17) is 4.74 Å². The Morgan fingerprint density at radius 1 is 0.968 bits per heavy atom. The molecule has 1 aliphatic carbocycles. The summed E-state index contributed by atoms with van der Waals surface area (Å²) in [6, 6.07) is 4.69. The van der Waals surface area contributed by atoms with Crippen molar-refractivity contribution >= 4 is 17.7 Å². The third kappa shape index (κ3) is 3.97. The van der Waals surface area contributed by atoms with Crippen LogP contribution in [0.3, 0.4) is 0 Å². The fourth-order valence-corrected chi connectivity index (χ4v) is 6.13. The first kappa shape index (κ1) is 20.5. The van der Waals surface area contributed by atoms with Gasteiger partial charge in [-0.15, -0.1) is 0 Å². The first-order valence-corrected chi connectivity index (χ1v) is 11.7. The van der Waals surface area contributed by atoms with Crippen LogP contribution in [0.5, 0.6) is 0 Å². The molecular weight excluding hydrogens is 396 g/mol. The number of carboxylic acid groups (broad SMARTS) is 1. The van der Waals surface area contributed by atoms with E-state index in [1.807, 2.05) is 24.5 Å². The first-order valence-electron chi connectivity index (χ1n) is 11.7. The minimum absolute atomic E-state index is 0.0825. The SMILES string of the molecule is O=C(O)C1CCN([C@@H]2CCC[C@H]3[C@H]2OC(=O)N3C2CCN(c3ccncc3)CC2)CC1. The fourth-order valence-electron chi connectivity index (χ4n) is 6.13. The summed E-state index contributed by atoms with van der Waals surface area (Å²) in [4.78, 5) is 35.2. The Hall–Kier alpha value is -2.35. The van der Waals surface area contributed by atoms with E-state index in [1.165, 1.54) is 5.69 Å². The molecule has 0 aromatic carbocycles. The van der Waals surface area contributed by atoms with E-state index in [2.05, 4.69) is 19.7 Å². The molecule has 4 aliphatic rings.